The number of methoxy groups -OCH3 is 1. The van der Waals surface area contributed by atoms with E-state index in [0.717, 1.165) is 5.69 Å². The van der Waals surface area contributed by atoms with Gasteiger partial charge in [-0.15, -0.1) is 0 Å². The lowest BCUT2D eigenvalue weighted by Crippen LogP contribution is -2.36. The molecular formula is C23H22ClN5O3. The van der Waals surface area contributed by atoms with Crippen LogP contribution in [-0.2, 0) is 11.3 Å². The zero-order valence-electron chi connectivity index (χ0n) is 17.6. The van der Waals surface area contributed by atoms with Gasteiger partial charge in [0.05, 0.1) is 24.4 Å². The molecule has 2 amide bonds. The van der Waals surface area contributed by atoms with Crippen molar-refractivity contribution in [3.8, 4) is 5.75 Å². The highest BCUT2D eigenvalue weighted by atomic mass is 35.5. The summed E-state index contributed by atoms with van der Waals surface area (Å²) in [5.74, 6) is 0.122. The van der Waals surface area contributed by atoms with Crippen molar-refractivity contribution in [3.63, 3.8) is 0 Å². The van der Waals surface area contributed by atoms with Gasteiger partial charge in [0.25, 0.3) is 5.91 Å². The molecule has 3 N–H and O–H groups in total. The average Bonchev–Trinajstić information content (AvgIpc) is 2.78. The van der Waals surface area contributed by atoms with Crippen LogP contribution in [0.5, 0.6) is 5.75 Å². The summed E-state index contributed by atoms with van der Waals surface area (Å²) in [4.78, 5) is 32.9. The molecule has 3 rings (SSSR count). The van der Waals surface area contributed by atoms with Gasteiger partial charge in [0.1, 0.15) is 5.75 Å². The van der Waals surface area contributed by atoms with Gasteiger partial charge in [0.15, 0.2) is 0 Å². The highest BCUT2D eigenvalue weighted by molar-refractivity contribution is 6.32. The van der Waals surface area contributed by atoms with Gasteiger partial charge in [0, 0.05) is 30.1 Å². The van der Waals surface area contributed by atoms with E-state index < -0.39 is 5.91 Å². The molecule has 0 radical (unpaired) electrons. The number of benzene rings is 2. The number of hydrogen-bond acceptors (Lipinski definition) is 5. The Morgan fingerprint density at radius 3 is 2.53 bits per heavy atom. The summed E-state index contributed by atoms with van der Waals surface area (Å²) in [6.07, 6.45) is 1.67. The number of anilines is 2. The van der Waals surface area contributed by atoms with Gasteiger partial charge in [-0.25, -0.2) is 4.99 Å². The van der Waals surface area contributed by atoms with Crippen molar-refractivity contribution in [2.45, 2.75) is 13.5 Å². The Hall–Kier alpha value is -3.91. The summed E-state index contributed by atoms with van der Waals surface area (Å²) in [6.45, 7) is 1.65. The van der Waals surface area contributed by atoms with Gasteiger partial charge < -0.3 is 15.4 Å². The first-order valence-corrected chi connectivity index (χ1v) is 10.1. The Bertz CT molecular complexity index is 1140. The fourth-order valence-electron chi connectivity index (χ4n) is 2.76. The number of rotatable bonds is 6. The second-order valence-corrected chi connectivity index (χ2v) is 7.08. The summed E-state index contributed by atoms with van der Waals surface area (Å²) in [6, 6.07) is 17.2. The molecule has 0 bridgehead atoms. The van der Waals surface area contributed by atoms with E-state index in [1.54, 1.807) is 48.7 Å². The second kappa shape index (κ2) is 10.9. The van der Waals surface area contributed by atoms with E-state index >= 15 is 0 Å². The summed E-state index contributed by atoms with van der Waals surface area (Å²) < 4.78 is 5.17. The standard InChI is InChI=1S/C23H22ClN5O3/c1-15(30)27-17-8-5-6-16(12-17)22(31)29-23(26-14-19-7-3-4-11-25-19)28-18-9-10-21(32-2)20(24)13-18/h3-13H,14H2,1-2H3,(H,27,30)(H2,26,28,29,31). The Kier molecular flexibility index (Phi) is 7.77. The number of carbonyl (C=O) groups is 2. The maximum atomic E-state index is 12.9. The number of amides is 2. The third-order valence-corrected chi connectivity index (χ3v) is 4.51. The summed E-state index contributed by atoms with van der Waals surface area (Å²) in [5.41, 5.74) is 2.23. The molecule has 0 fully saturated rings. The Morgan fingerprint density at radius 1 is 1.03 bits per heavy atom. The zero-order valence-corrected chi connectivity index (χ0v) is 18.3. The lowest BCUT2D eigenvalue weighted by molar-refractivity contribution is -0.114. The van der Waals surface area contributed by atoms with Crippen molar-refractivity contribution >= 4 is 40.7 Å². The zero-order chi connectivity index (χ0) is 22.9. The molecule has 0 saturated heterocycles. The number of aliphatic imine (C=N–C) groups is 1. The Labute approximate surface area is 190 Å². The molecule has 8 nitrogen and oxygen atoms in total. The highest BCUT2D eigenvalue weighted by Gasteiger charge is 2.12. The predicted molar refractivity (Wildman–Crippen MR) is 125 cm³/mol. The van der Waals surface area contributed by atoms with Crippen LogP contribution >= 0.6 is 11.6 Å². The number of carbonyl (C=O) groups excluding carboxylic acids is 2. The van der Waals surface area contributed by atoms with Crippen LogP contribution in [0.1, 0.15) is 23.0 Å². The summed E-state index contributed by atoms with van der Waals surface area (Å²) >= 11 is 6.21. The van der Waals surface area contributed by atoms with E-state index in [9.17, 15) is 9.59 Å². The first kappa shape index (κ1) is 22.8. The molecular weight excluding hydrogens is 430 g/mol. The predicted octanol–water partition coefficient (Wildman–Crippen LogP) is 4.10. The third kappa shape index (κ3) is 6.55. The lowest BCUT2D eigenvalue weighted by atomic mass is 10.2. The summed E-state index contributed by atoms with van der Waals surface area (Å²) in [5, 5.41) is 8.91. The van der Waals surface area contributed by atoms with Gasteiger partial charge in [-0.3, -0.25) is 19.9 Å². The molecule has 32 heavy (non-hydrogen) atoms. The second-order valence-electron chi connectivity index (χ2n) is 6.68. The maximum Gasteiger partial charge on any atom is 0.258 e. The first-order chi connectivity index (χ1) is 15.4. The number of nitrogens with zero attached hydrogens (tertiary/aromatic N) is 2. The smallest absolute Gasteiger partial charge is 0.258 e. The van der Waals surface area contributed by atoms with Crippen molar-refractivity contribution in [2.24, 2.45) is 4.99 Å². The minimum Gasteiger partial charge on any atom is -0.495 e. The number of nitrogens with one attached hydrogen (secondary N) is 3. The molecule has 0 aliphatic heterocycles. The monoisotopic (exact) mass is 451 g/mol. The van der Waals surface area contributed by atoms with Crippen molar-refractivity contribution in [1.29, 1.82) is 0 Å². The molecule has 0 spiro atoms. The van der Waals surface area contributed by atoms with Gasteiger partial charge in [-0.05, 0) is 48.5 Å². The fraction of sp³-hybridized carbons (Fsp3) is 0.130. The number of guanidine groups is 1. The molecule has 1 aromatic heterocycles. The van der Waals surface area contributed by atoms with E-state index in [0.29, 0.717) is 27.7 Å². The minimum atomic E-state index is -0.399. The fourth-order valence-corrected chi connectivity index (χ4v) is 3.02. The SMILES string of the molecule is COc1ccc(NC(=NCc2ccccn2)NC(=O)c2cccc(NC(C)=O)c2)cc1Cl. The van der Waals surface area contributed by atoms with E-state index in [1.165, 1.54) is 14.0 Å². The van der Waals surface area contributed by atoms with E-state index in [-0.39, 0.29) is 18.4 Å². The van der Waals surface area contributed by atoms with Gasteiger partial charge in [-0.1, -0.05) is 23.7 Å². The number of hydrogen-bond donors (Lipinski definition) is 3. The van der Waals surface area contributed by atoms with Gasteiger partial charge in [0.2, 0.25) is 11.9 Å². The molecule has 0 atom stereocenters. The number of ether oxygens (including phenoxy) is 1. The molecule has 164 valence electrons. The normalized spacial score (nSPS) is 10.9. The van der Waals surface area contributed by atoms with E-state index in [2.05, 4.69) is 25.9 Å². The van der Waals surface area contributed by atoms with E-state index in [1.807, 2.05) is 18.2 Å². The number of aromatic nitrogens is 1. The average molecular weight is 452 g/mol. The van der Waals surface area contributed by atoms with Crippen LogP contribution in [0.2, 0.25) is 5.02 Å². The molecule has 9 heteroatoms. The highest BCUT2D eigenvalue weighted by Crippen LogP contribution is 2.27. The van der Waals surface area contributed by atoms with Crippen LogP contribution in [0.25, 0.3) is 0 Å². The molecule has 3 aromatic rings. The van der Waals surface area contributed by atoms with Crippen LogP contribution in [-0.4, -0.2) is 29.9 Å². The molecule has 0 unspecified atom stereocenters. The van der Waals surface area contributed by atoms with Crippen molar-refractivity contribution < 1.29 is 14.3 Å². The molecule has 0 saturated carbocycles. The lowest BCUT2D eigenvalue weighted by Gasteiger charge is -2.13. The van der Waals surface area contributed by atoms with Crippen LogP contribution in [0.3, 0.4) is 0 Å². The number of pyridine rings is 1. The molecule has 0 aliphatic rings. The number of halogens is 1. The first-order valence-electron chi connectivity index (χ1n) is 9.68. The van der Waals surface area contributed by atoms with Crippen LogP contribution in [0, 0.1) is 0 Å². The van der Waals surface area contributed by atoms with Crippen molar-refractivity contribution in [1.82, 2.24) is 10.3 Å². The van der Waals surface area contributed by atoms with E-state index in [4.69, 9.17) is 16.3 Å². The Morgan fingerprint density at radius 2 is 1.84 bits per heavy atom. The van der Waals surface area contributed by atoms with Gasteiger partial charge in [-0.2, -0.15) is 0 Å². The van der Waals surface area contributed by atoms with Gasteiger partial charge >= 0.3 is 0 Å². The van der Waals surface area contributed by atoms with Crippen LogP contribution < -0.4 is 20.7 Å². The Balaban J connectivity index is 1.82. The largest absolute Gasteiger partial charge is 0.495 e. The van der Waals surface area contributed by atoms with Crippen molar-refractivity contribution in [2.75, 3.05) is 17.7 Å². The van der Waals surface area contributed by atoms with Crippen molar-refractivity contribution in [3.05, 3.63) is 83.1 Å². The van der Waals surface area contributed by atoms with Crippen LogP contribution in [0.4, 0.5) is 11.4 Å². The molecule has 1 heterocycles. The van der Waals surface area contributed by atoms with Crippen LogP contribution in [0.15, 0.2) is 71.9 Å². The molecule has 2 aromatic carbocycles. The molecule has 0 aliphatic carbocycles. The summed E-state index contributed by atoms with van der Waals surface area (Å²) in [7, 11) is 1.53. The maximum absolute atomic E-state index is 12.9. The third-order valence-electron chi connectivity index (χ3n) is 4.22. The topological polar surface area (TPSA) is 105 Å². The minimum absolute atomic E-state index is 0.215. The quantitative estimate of drug-likeness (QED) is 0.386.